The molecule has 1 saturated carbocycles. The van der Waals surface area contributed by atoms with E-state index in [0.717, 1.165) is 25.7 Å². The lowest BCUT2D eigenvalue weighted by molar-refractivity contribution is -0.156. The second kappa shape index (κ2) is 13.9. The largest absolute Gasteiger partial charge is 0.481 e. The number of hydrogen-bond donors (Lipinski definition) is 3. The van der Waals surface area contributed by atoms with Gasteiger partial charge >= 0.3 is 17.9 Å². The Morgan fingerprint density at radius 2 is 1.88 bits per heavy atom. The Kier molecular flexibility index (Phi) is 12.1. The van der Waals surface area contributed by atoms with E-state index in [1.54, 1.807) is 12.2 Å². The van der Waals surface area contributed by atoms with Crippen molar-refractivity contribution < 1.29 is 39.2 Å². The zero-order valence-electron chi connectivity index (χ0n) is 19.9. The van der Waals surface area contributed by atoms with Crippen molar-refractivity contribution in [1.82, 2.24) is 0 Å². The first-order valence-corrected chi connectivity index (χ1v) is 11.7. The van der Waals surface area contributed by atoms with Crippen LogP contribution in [0.25, 0.3) is 0 Å². The van der Waals surface area contributed by atoms with Gasteiger partial charge in [-0.1, -0.05) is 57.4 Å². The molecule has 5 unspecified atom stereocenters. The van der Waals surface area contributed by atoms with Gasteiger partial charge < -0.3 is 20.1 Å². The predicted octanol–water partition coefficient (Wildman–Crippen LogP) is 3.77. The highest BCUT2D eigenvalue weighted by Gasteiger charge is 2.60. The molecule has 0 heterocycles. The second-order valence-corrected chi connectivity index (χ2v) is 8.70. The number of aliphatic hydroxyl groups is 1. The van der Waals surface area contributed by atoms with Gasteiger partial charge in [-0.15, -0.1) is 0 Å². The van der Waals surface area contributed by atoms with Crippen molar-refractivity contribution in [1.29, 1.82) is 0 Å². The molecular weight excluding hydrogens is 428 g/mol. The van der Waals surface area contributed by atoms with Crippen LogP contribution >= 0.6 is 0 Å². The number of ether oxygens (including phenoxy) is 1. The summed E-state index contributed by atoms with van der Waals surface area (Å²) in [6.45, 7) is 4.04. The molecular formula is C25H38O8. The van der Waals surface area contributed by atoms with E-state index in [1.807, 2.05) is 6.92 Å². The minimum absolute atomic E-state index is 0.0162. The number of carboxylic acid groups (broad SMARTS) is 2. The average Bonchev–Trinajstić information content (AvgIpc) is 3.07. The molecule has 1 rings (SSSR count). The lowest BCUT2D eigenvalue weighted by Crippen LogP contribution is -2.42. The summed E-state index contributed by atoms with van der Waals surface area (Å²) in [6, 6.07) is 0. The van der Waals surface area contributed by atoms with Gasteiger partial charge in [-0.2, -0.15) is 0 Å². The number of ketones is 1. The van der Waals surface area contributed by atoms with Crippen LogP contribution in [0.2, 0.25) is 0 Å². The van der Waals surface area contributed by atoms with E-state index in [9.17, 15) is 34.5 Å². The molecule has 1 aliphatic carbocycles. The maximum Gasteiger partial charge on any atom is 0.318 e. The topological polar surface area (TPSA) is 138 Å². The second-order valence-electron chi connectivity index (χ2n) is 8.70. The fraction of sp³-hybridized carbons (Fsp3) is 0.680. The third-order valence-electron chi connectivity index (χ3n) is 6.62. The zero-order chi connectivity index (χ0) is 25.0. The van der Waals surface area contributed by atoms with Gasteiger partial charge in [0, 0.05) is 12.3 Å². The molecule has 1 aliphatic rings. The first kappa shape index (κ1) is 28.6. The molecule has 0 bridgehead atoms. The molecule has 33 heavy (non-hydrogen) atoms. The van der Waals surface area contributed by atoms with Gasteiger partial charge in [0.2, 0.25) is 0 Å². The quantitative estimate of drug-likeness (QED) is 0.143. The summed E-state index contributed by atoms with van der Waals surface area (Å²) in [5, 5.41) is 30.1. The summed E-state index contributed by atoms with van der Waals surface area (Å²) < 4.78 is 4.57. The lowest BCUT2D eigenvalue weighted by atomic mass is 9.73. The van der Waals surface area contributed by atoms with Crippen LogP contribution in [-0.2, 0) is 23.9 Å². The van der Waals surface area contributed by atoms with E-state index in [1.165, 1.54) is 19.3 Å². The smallest absolute Gasteiger partial charge is 0.318 e. The molecule has 0 aromatic heterocycles. The first-order chi connectivity index (χ1) is 15.6. The van der Waals surface area contributed by atoms with E-state index in [2.05, 4.69) is 11.7 Å². The fourth-order valence-corrected chi connectivity index (χ4v) is 4.46. The Morgan fingerprint density at radius 3 is 2.42 bits per heavy atom. The highest BCUT2D eigenvalue weighted by Crippen LogP contribution is 2.48. The van der Waals surface area contributed by atoms with Gasteiger partial charge in [0.15, 0.2) is 5.78 Å². The molecule has 186 valence electrons. The van der Waals surface area contributed by atoms with Crippen LogP contribution in [0.4, 0.5) is 0 Å². The number of methoxy groups -OCH3 is 1. The van der Waals surface area contributed by atoms with E-state index in [-0.39, 0.29) is 31.1 Å². The minimum atomic E-state index is -1.90. The normalized spacial score (nSPS) is 24.9. The summed E-state index contributed by atoms with van der Waals surface area (Å²) in [5.41, 5.74) is -1.90. The van der Waals surface area contributed by atoms with Crippen LogP contribution in [0.3, 0.4) is 0 Å². The van der Waals surface area contributed by atoms with E-state index in [0.29, 0.717) is 12.8 Å². The van der Waals surface area contributed by atoms with Gasteiger partial charge in [-0.25, -0.2) is 0 Å². The van der Waals surface area contributed by atoms with Crippen LogP contribution in [0.15, 0.2) is 24.3 Å². The number of aliphatic hydroxyl groups excluding tert-OH is 1. The van der Waals surface area contributed by atoms with Crippen LogP contribution in [0.5, 0.6) is 0 Å². The molecule has 0 saturated heterocycles. The number of rotatable bonds is 15. The molecule has 1 fully saturated rings. The standard InChI is InChI=1S/C25H38O8/c1-4-6-11-17(5-2)20(26)14-13-18-16-19(23(29)30)22(28)25(18,24(31)32)15-10-8-7-9-12-21(27)33-3/h8,10,13-14,17-20,26H,4-7,9,11-12,15-16H2,1-3H3,(H,29,30)(H,31,32). The number of esters is 1. The van der Waals surface area contributed by atoms with Crippen molar-refractivity contribution in [2.24, 2.45) is 23.2 Å². The molecule has 0 aliphatic heterocycles. The van der Waals surface area contributed by atoms with Gasteiger partial charge in [-0.3, -0.25) is 19.2 Å². The Balaban J connectivity index is 3.08. The van der Waals surface area contributed by atoms with Crippen LogP contribution in [0.1, 0.15) is 71.6 Å². The number of allylic oxidation sites excluding steroid dienone is 3. The summed E-state index contributed by atoms with van der Waals surface area (Å²) in [4.78, 5) is 48.1. The number of aliphatic carboxylic acids is 2. The van der Waals surface area contributed by atoms with Crippen molar-refractivity contribution in [3.05, 3.63) is 24.3 Å². The van der Waals surface area contributed by atoms with Crippen LogP contribution in [0, 0.1) is 23.2 Å². The molecule has 0 aromatic rings. The Labute approximate surface area is 195 Å². The van der Waals surface area contributed by atoms with Crippen LogP contribution < -0.4 is 0 Å². The summed E-state index contributed by atoms with van der Waals surface area (Å²) in [6.07, 6.45) is 10.1. The molecule has 8 nitrogen and oxygen atoms in total. The van der Waals surface area contributed by atoms with Gasteiger partial charge in [0.25, 0.3) is 0 Å². The van der Waals surface area contributed by atoms with Gasteiger partial charge in [0.05, 0.1) is 13.2 Å². The highest BCUT2D eigenvalue weighted by atomic mass is 16.5. The first-order valence-electron chi connectivity index (χ1n) is 11.7. The Morgan fingerprint density at radius 1 is 1.18 bits per heavy atom. The monoisotopic (exact) mass is 466 g/mol. The number of carbonyl (C=O) groups excluding carboxylic acids is 2. The number of Topliss-reactive ketones (excluding diaryl/α,β-unsaturated/α-hetero) is 1. The zero-order valence-corrected chi connectivity index (χ0v) is 19.9. The summed E-state index contributed by atoms with van der Waals surface area (Å²) in [7, 11) is 1.30. The molecule has 0 spiro atoms. The Bertz CT molecular complexity index is 741. The van der Waals surface area contributed by atoms with Crippen molar-refractivity contribution in [2.45, 2.75) is 77.7 Å². The van der Waals surface area contributed by atoms with Crippen molar-refractivity contribution in [2.75, 3.05) is 7.11 Å². The number of unbranched alkanes of at least 4 members (excludes halogenated alkanes) is 2. The summed E-state index contributed by atoms with van der Waals surface area (Å²) in [5.74, 6) is -6.08. The van der Waals surface area contributed by atoms with E-state index >= 15 is 0 Å². The molecule has 8 heteroatoms. The average molecular weight is 467 g/mol. The number of hydrogen-bond acceptors (Lipinski definition) is 6. The third-order valence-corrected chi connectivity index (χ3v) is 6.62. The molecule has 0 amide bonds. The fourth-order valence-electron chi connectivity index (χ4n) is 4.46. The van der Waals surface area contributed by atoms with Crippen molar-refractivity contribution in [3.8, 4) is 0 Å². The number of carboxylic acids is 2. The number of carbonyl (C=O) groups is 4. The predicted molar refractivity (Wildman–Crippen MR) is 122 cm³/mol. The minimum Gasteiger partial charge on any atom is -0.481 e. The highest BCUT2D eigenvalue weighted by molar-refractivity contribution is 6.13. The van der Waals surface area contributed by atoms with E-state index < -0.39 is 41.1 Å². The SMILES string of the molecule is CCCCC(CC)C(O)C=CC1CC(C(=O)O)C(=O)C1(CC=CCCCC(=O)OC)C(=O)O. The van der Waals surface area contributed by atoms with E-state index in [4.69, 9.17) is 0 Å². The molecule has 5 atom stereocenters. The van der Waals surface area contributed by atoms with Gasteiger partial charge in [0.1, 0.15) is 11.3 Å². The maximum absolute atomic E-state index is 13.0. The van der Waals surface area contributed by atoms with Crippen LogP contribution in [-0.4, -0.2) is 52.2 Å². The molecule has 3 N–H and O–H groups in total. The molecule has 0 radical (unpaired) electrons. The summed E-state index contributed by atoms with van der Waals surface area (Å²) >= 11 is 0. The third kappa shape index (κ3) is 7.52. The van der Waals surface area contributed by atoms with Crippen molar-refractivity contribution in [3.63, 3.8) is 0 Å². The maximum atomic E-state index is 13.0. The molecule has 0 aromatic carbocycles. The Hall–Kier alpha value is -2.48. The lowest BCUT2D eigenvalue weighted by Gasteiger charge is -2.27. The van der Waals surface area contributed by atoms with Gasteiger partial charge in [-0.05, 0) is 38.0 Å². The van der Waals surface area contributed by atoms with Crippen molar-refractivity contribution >= 4 is 23.7 Å².